The summed E-state index contributed by atoms with van der Waals surface area (Å²) >= 11 is 0. The van der Waals surface area contributed by atoms with Gasteiger partial charge < -0.3 is 15.0 Å². The van der Waals surface area contributed by atoms with E-state index in [2.05, 4.69) is 5.32 Å². The summed E-state index contributed by atoms with van der Waals surface area (Å²) in [7, 11) is 1.58. The van der Waals surface area contributed by atoms with E-state index in [-0.39, 0.29) is 30.8 Å². The van der Waals surface area contributed by atoms with Gasteiger partial charge in [0.25, 0.3) is 5.91 Å². The van der Waals surface area contributed by atoms with Crippen molar-refractivity contribution in [1.82, 2.24) is 4.90 Å². The number of carbonyl (C=O) groups excluding carboxylic acids is 2. The van der Waals surface area contributed by atoms with Crippen LogP contribution in [0.2, 0.25) is 0 Å². The Morgan fingerprint density at radius 3 is 2.29 bits per heavy atom. The second-order valence-electron chi connectivity index (χ2n) is 7.42. The maximum absolute atomic E-state index is 13.0. The molecule has 0 aliphatic heterocycles. The maximum atomic E-state index is 13.0. The molecule has 160 valence electrons. The maximum Gasteiger partial charge on any atom is 0.254 e. The second kappa shape index (κ2) is 9.89. The predicted molar refractivity (Wildman–Crippen MR) is 119 cm³/mol. The number of carbonyl (C=O) groups is 2. The molecule has 0 atom stereocenters. The van der Waals surface area contributed by atoms with Crippen molar-refractivity contribution in [2.45, 2.75) is 20.5 Å². The molecule has 0 fully saturated rings. The average Bonchev–Trinajstić information content (AvgIpc) is 2.75. The fourth-order valence-electron chi connectivity index (χ4n) is 3.16. The normalized spacial score (nSPS) is 10.5. The van der Waals surface area contributed by atoms with Crippen molar-refractivity contribution in [1.29, 1.82) is 0 Å². The van der Waals surface area contributed by atoms with E-state index >= 15 is 0 Å². The first-order valence-corrected chi connectivity index (χ1v) is 9.92. The van der Waals surface area contributed by atoms with Gasteiger partial charge in [-0.2, -0.15) is 0 Å². The van der Waals surface area contributed by atoms with Gasteiger partial charge in [-0.3, -0.25) is 9.59 Å². The SMILES string of the molecule is Cc1cccc(C)c1NC(=O)CN(C)C(=O)c1cccc(OCc2ccc(F)cc2)c1. The predicted octanol–water partition coefficient (Wildman–Crippen LogP) is 4.73. The van der Waals surface area contributed by atoms with Crippen LogP contribution >= 0.6 is 0 Å². The Bertz CT molecular complexity index is 1060. The van der Waals surface area contributed by atoms with Crippen molar-refractivity contribution in [2.75, 3.05) is 18.9 Å². The fraction of sp³-hybridized carbons (Fsp3) is 0.200. The highest BCUT2D eigenvalue weighted by atomic mass is 19.1. The Balaban J connectivity index is 1.60. The van der Waals surface area contributed by atoms with Gasteiger partial charge in [-0.05, 0) is 60.9 Å². The van der Waals surface area contributed by atoms with Crippen LogP contribution in [-0.4, -0.2) is 30.3 Å². The van der Waals surface area contributed by atoms with Gasteiger partial charge in [-0.25, -0.2) is 4.39 Å². The molecule has 5 nitrogen and oxygen atoms in total. The number of aryl methyl sites for hydroxylation is 2. The fourth-order valence-corrected chi connectivity index (χ4v) is 3.16. The lowest BCUT2D eigenvalue weighted by molar-refractivity contribution is -0.116. The summed E-state index contributed by atoms with van der Waals surface area (Å²) < 4.78 is 18.7. The summed E-state index contributed by atoms with van der Waals surface area (Å²) in [5.74, 6) is -0.342. The highest BCUT2D eigenvalue weighted by Crippen LogP contribution is 2.20. The first-order valence-electron chi connectivity index (χ1n) is 9.92. The molecule has 0 aliphatic carbocycles. The molecule has 3 aromatic carbocycles. The third-order valence-electron chi connectivity index (χ3n) is 4.87. The molecule has 0 radical (unpaired) electrons. The number of nitrogens with zero attached hydrogens (tertiary/aromatic N) is 1. The van der Waals surface area contributed by atoms with E-state index in [0.717, 1.165) is 22.4 Å². The van der Waals surface area contributed by atoms with Crippen LogP contribution < -0.4 is 10.1 Å². The number of hydrogen-bond acceptors (Lipinski definition) is 3. The molecular formula is C25H25FN2O3. The Morgan fingerprint density at radius 2 is 1.61 bits per heavy atom. The molecule has 0 unspecified atom stereocenters. The van der Waals surface area contributed by atoms with Gasteiger partial charge in [-0.1, -0.05) is 36.4 Å². The lowest BCUT2D eigenvalue weighted by Gasteiger charge is -2.18. The molecule has 0 aliphatic rings. The molecule has 0 saturated heterocycles. The Labute approximate surface area is 181 Å². The van der Waals surface area contributed by atoms with E-state index < -0.39 is 0 Å². The molecule has 0 aromatic heterocycles. The number of anilines is 1. The number of nitrogens with one attached hydrogen (secondary N) is 1. The van der Waals surface area contributed by atoms with Gasteiger partial charge in [0.1, 0.15) is 18.2 Å². The van der Waals surface area contributed by atoms with Gasteiger partial charge in [0.2, 0.25) is 5.91 Å². The molecule has 0 saturated carbocycles. The number of benzene rings is 3. The highest BCUT2D eigenvalue weighted by Gasteiger charge is 2.16. The van der Waals surface area contributed by atoms with Gasteiger partial charge in [0.05, 0.1) is 6.54 Å². The number of para-hydroxylation sites is 1. The van der Waals surface area contributed by atoms with Crippen LogP contribution in [0.5, 0.6) is 5.75 Å². The molecule has 6 heteroatoms. The second-order valence-corrected chi connectivity index (χ2v) is 7.42. The van der Waals surface area contributed by atoms with Crippen LogP contribution in [0.4, 0.5) is 10.1 Å². The van der Waals surface area contributed by atoms with Crippen LogP contribution in [0.3, 0.4) is 0 Å². The number of likely N-dealkylation sites (N-methyl/N-ethyl adjacent to an activating group) is 1. The van der Waals surface area contributed by atoms with Crippen molar-refractivity contribution in [2.24, 2.45) is 0 Å². The summed E-state index contributed by atoms with van der Waals surface area (Å²) in [4.78, 5) is 26.6. The number of halogens is 1. The molecular weight excluding hydrogens is 395 g/mol. The third kappa shape index (κ3) is 5.92. The van der Waals surface area contributed by atoms with Crippen LogP contribution in [0.1, 0.15) is 27.0 Å². The van der Waals surface area contributed by atoms with Crippen molar-refractivity contribution in [3.05, 3.63) is 94.8 Å². The van der Waals surface area contributed by atoms with Crippen LogP contribution in [0.25, 0.3) is 0 Å². The summed E-state index contributed by atoms with van der Waals surface area (Å²) in [6.45, 7) is 4.03. The number of amides is 2. The standard InChI is InChI=1S/C25H25FN2O3/c1-17-6-4-7-18(2)24(17)27-23(29)15-28(3)25(30)20-8-5-9-22(14-20)31-16-19-10-12-21(26)13-11-19/h4-14H,15-16H2,1-3H3,(H,27,29). The molecule has 2 amide bonds. The van der Waals surface area contributed by atoms with Gasteiger partial charge >= 0.3 is 0 Å². The van der Waals surface area contributed by atoms with E-state index in [1.54, 1.807) is 43.4 Å². The van der Waals surface area contributed by atoms with E-state index in [9.17, 15) is 14.0 Å². The van der Waals surface area contributed by atoms with Crippen molar-refractivity contribution in [3.63, 3.8) is 0 Å². The van der Waals surface area contributed by atoms with Crippen LogP contribution in [0.15, 0.2) is 66.7 Å². The minimum atomic E-state index is -0.305. The van der Waals surface area contributed by atoms with Gasteiger partial charge in [-0.15, -0.1) is 0 Å². The van der Waals surface area contributed by atoms with E-state index in [4.69, 9.17) is 4.74 Å². The molecule has 3 rings (SSSR count). The largest absolute Gasteiger partial charge is 0.489 e. The van der Waals surface area contributed by atoms with Gasteiger partial charge in [0.15, 0.2) is 0 Å². The first-order chi connectivity index (χ1) is 14.8. The molecule has 1 N–H and O–H groups in total. The molecule has 31 heavy (non-hydrogen) atoms. The number of hydrogen-bond donors (Lipinski definition) is 1. The summed E-state index contributed by atoms with van der Waals surface area (Å²) in [6, 6.07) is 18.6. The van der Waals surface area contributed by atoms with Gasteiger partial charge in [0, 0.05) is 18.3 Å². The minimum absolute atomic E-state index is 0.0761. The van der Waals surface area contributed by atoms with Crippen molar-refractivity contribution in [3.8, 4) is 5.75 Å². The zero-order chi connectivity index (χ0) is 22.4. The molecule has 3 aromatic rings. The number of rotatable bonds is 7. The Hall–Kier alpha value is -3.67. The van der Waals surface area contributed by atoms with Crippen LogP contribution in [0, 0.1) is 19.7 Å². The lowest BCUT2D eigenvalue weighted by Crippen LogP contribution is -2.35. The zero-order valence-corrected chi connectivity index (χ0v) is 17.8. The lowest BCUT2D eigenvalue weighted by atomic mass is 10.1. The average molecular weight is 420 g/mol. The Morgan fingerprint density at radius 1 is 0.968 bits per heavy atom. The topological polar surface area (TPSA) is 58.6 Å². The van der Waals surface area contributed by atoms with Crippen LogP contribution in [-0.2, 0) is 11.4 Å². The monoisotopic (exact) mass is 420 g/mol. The smallest absolute Gasteiger partial charge is 0.254 e. The van der Waals surface area contributed by atoms with E-state index in [1.807, 2.05) is 32.0 Å². The highest BCUT2D eigenvalue weighted by molar-refractivity contribution is 5.99. The summed E-state index contributed by atoms with van der Waals surface area (Å²) in [5.41, 5.74) is 3.93. The van der Waals surface area contributed by atoms with Crippen molar-refractivity contribution >= 4 is 17.5 Å². The van der Waals surface area contributed by atoms with E-state index in [1.165, 1.54) is 17.0 Å². The first kappa shape index (κ1) is 22.0. The summed E-state index contributed by atoms with van der Waals surface area (Å²) in [5, 5.41) is 2.89. The van der Waals surface area contributed by atoms with E-state index in [0.29, 0.717) is 11.3 Å². The Kier molecular flexibility index (Phi) is 7.03. The minimum Gasteiger partial charge on any atom is -0.489 e. The molecule has 0 bridgehead atoms. The quantitative estimate of drug-likeness (QED) is 0.601. The number of ether oxygens (including phenoxy) is 1. The molecule has 0 spiro atoms. The zero-order valence-electron chi connectivity index (χ0n) is 17.8. The third-order valence-corrected chi connectivity index (χ3v) is 4.87. The van der Waals surface area contributed by atoms with Crippen molar-refractivity contribution < 1.29 is 18.7 Å². The summed E-state index contributed by atoms with van der Waals surface area (Å²) in [6.07, 6.45) is 0. The molecule has 0 heterocycles.